The Morgan fingerprint density at radius 1 is 0.773 bits per heavy atom. The molecule has 354 valence electrons. The van der Waals surface area contributed by atoms with E-state index < -0.39 is 89.7 Å². The zero-order valence-electron chi connectivity index (χ0n) is 36.4. The van der Waals surface area contributed by atoms with Crippen molar-refractivity contribution in [1.82, 2.24) is 36.9 Å². The summed E-state index contributed by atoms with van der Waals surface area (Å²) in [5.74, 6) is -5.94. The van der Waals surface area contributed by atoms with Crippen LogP contribution in [0.2, 0.25) is 0 Å². The molecule has 0 radical (unpaired) electrons. The van der Waals surface area contributed by atoms with Gasteiger partial charge in [-0.2, -0.15) is 0 Å². The fourth-order valence-electron chi connectivity index (χ4n) is 7.18. The van der Waals surface area contributed by atoms with Crippen molar-refractivity contribution in [2.24, 2.45) is 17.2 Å². The van der Waals surface area contributed by atoms with Gasteiger partial charge in [-0.3, -0.25) is 33.6 Å². The lowest BCUT2D eigenvalue weighted by molar-refractivity contribution is -0.135. The van der Waals surface area contributed by atoms with E-state index in [1.807, 2.05) is 30.3 Å². The quantitative estimate of drug-likeness (QED) is 0.0500. The molecule has 7 amide bonds. The summed E-state index contributed by atoms with van der Waals surface area (Å²) in [4.78, 5) is 100. The third-order valence-corrected chi connectivity index (χ3v) is 13.3. The molecule has 1 aliphatic heterocycles. The lowest BCUT2D eigenvalue weighted by Gasteiger charge is -2.27. The molecule has 4 aromatic rings. The lowest BCUT2D eigenvalue weighted by Crippen LogP contribution is -2.61. The van der Waals surface area contributed by atoms with E-state index in [2.05, 4.69) is 36.9 Å². The number of aromatic amines is 1. The summed E-state index contributed by atoms with van der Waals surface area (Å²) >= 11 is 0. The second kappa shape index (κ2) is 25.0. The Morgan fingerprint density at radius 2 is 1.39 bits per heavy atom. The van der Waals surface area contributed by atoms with Gasteiger partial charge in [-0.1, -0.05) is 82.3 Å². The topological polar surface area (TPSA) is 326 Å². The molecule has 1 fully saturated rings. The smallest absolute Gasteiger partial charge is 0.244 e. The molecule has 0 bridgehead atoms. The van der Waals surface area contributed by atoms with Crippen molar-refractivity contribution in [3.63, 3.8) is 0 Å². The standard InChI is InChI=1S/C45H58N10O9S2/c1-25(56)38(39(48)58)55-45(64)37-24-66-65-23-36(53-40(59)31(47)19-26-9-3-2-4-10-26)44(63)51-34(20-27-14-16-29(57)17-15-27)42(61)52-35(21-28-22-49-32-12-6-5-11-30(28)32)43(62)50-33(41(60)54-37)13-7-8-18-46/h2-6,9-12,14-17,22,25,31,33-38,49,56-57H,7-8,13,18-21,23-24,46-47H2,1H3,(H2,48,58)(H,50,62)(H,51,63)(H,52,61)(H,53,59)(H,54,60)(H,55,64)/t25-,31-,33?,34+,35-,36?,37?,38+/m1/s1. The molecule has 15 N–H and O–H groups in total. The summed E-state index contributed by atoms with van der Waals surface area (Å²) in [5, 5.41) is 37.1. The van der Waals surface area contributed by atoms with Crippen LogP contribution in [0.25, 0.3) is 10.9 Å². The lowest BCUT2D eigenvalue weighted by atomic mass is 10.0. The Kier molecular flexibility index (Phi) is 19.2. The van der Waals surface area contributed by atoms with Crippen LogP contribution in [0.3, 0.4) is 0 Å². The van der Waals surface area contributed by atoms with Gasteiger partial charge in [0.1, 0.15) is 42.0 Å². The average molecular weight is 947 g/mol. The number of amides is 7. The number of unbranched alkanes of at least 4 members (excludes halogenated alkanes) is 1. The summed E-state index contributed by atoms with van der Waals surface area (Å²) in [6, 6.07) is 13.2. The summed E-state index contributed by atoms with van der Waals surface area (Å²) in [5.41, 5.74) is 20.3. The highest BCUT2D eigenvalue weighted by molar-refractivity contribution is 8.76. The van der Waals surface area contributed by atoms with E-state index in [9.17, 15) is 43.8 Å². The third kappa shape index (κ3) is 15.0. The van der Waals surface area contributed by atoms with E-state index in [1.165, 1.54) is 19.1 Å². The minimum absolute atomic E-state index is 0.0267. The number of hydrogen-bond donors (Lipinski definition) is 12. The van der Waals surface area contributed by atoms with Gasteiger partial charge in [-0.15, -0.1) is 0 Å². The highest BCUT2D eigenvalue weighted by Crippen LogP contribution is 2.25. The van der Waals surface area contributed by atoms with Crippen molar-refractivity contribution < 1.29 is 43.8 Å². The van der Waals surface area contributed by atoms with Crippen LogP contribution in [0.15, 0.2) is 85.1 Å². The van der Waals surface area contributed by atoms with Crippen molar-refractivity contribution in [3.05, 3.63) is 102 Å². The van der Waals surface area contributed by atoms with Gasteiger partial charge in [0.2, 0.25) is 41.4 Å². The molecular formula is C45H58N10O9S2. The molecule has 19 nitrogen and oxygen atoms in total. The number of H-pyrrole nitrogens is 1. The number of primary amides is 1. The predicted molar refractivity (Wildman–Crippen MR) is 252 cm³/mol. The minimum atomic E-state index is -1.51. The number of benzene rings is 3. The number of para-hydroxylation sites is 1. The Hall–Kier alpha value is -6.13. The van der Waals surface area contributed by atoms with E-state index in [0.717, 1.165) is 38.1 Å². The maximum atomic E-state index is 14.6. The summed E-state index contributed by atoms with van der Waals surface area (Å²) in [6.45, 7) is 1.55. The molecule has 0 spiro atoms. The first-order valence-electron chi connectivity index (χ1n) is 21.5. The number of aliphatic hydroxyl groups excluding tert-OH is 1. The minimum Gasteiger partial charge on any atom is -0.508 e. The van der Waals surface area contributed by atoms with Crippen LogP contribution in [0, 0.1) is 0 Å². The third-order valence-electron chi connectivity index (χ3n) is 10.9. The number of phenols is 1. The SMILES string of the molecule is C[C@@H](O)[C@H](NC(=O)C1CSSCC(NC(=O)[C@H](N)Cc2ccccc2)C(=O)N[C@@H](Cc2ccc(O)cc2)C(=O)N[C@H](Cc2c[nH]c3ccccc23)C(=O)NC(CCCCN)C(=O)N1)C(N)=O. The van der Waals surface area contributed by atoms with E-state index in [1.54, 1.807) is 42.6 Å². The predicted octanol–water partition coefficient (Wildman–Crippen LogP) is -0.472. The van der Waals surface area contributed by atoms with Crippen molar-refractivity contribution >= 4 is 73.8 Å². The molecule has 3 aromatic carbocycles. The highest BCUT2D eigenvalue weighted by atomic mass is 33.1. The van der Waals surface area contributed by atoms with Crippen LogP contribution in [-0.4, -0.2) is 123 Å². The van der Waals surface area contributed by atoms with Gasteiger partial charge in [0.05, 0.1) is 12.1 Å². The number of aromatic hydroxyl groups is 1. The molecule has 2 heterocycles. The molecule has 1 aromatic heterocycles. The maximum absolute atomic E-state index is 14.6. The Labute approximate surface area is 389 Å². The second-order valence-corrected chi connectivity index (χ2v) is 18.6. The highest BCUT2D eigenvalue weighted by Gasteiger charge is 2.35. The molecule has 0 aliphatic carbocycles. The number of aromatic nitrogens is 1. The second-order valence-electron chi connectivity index (χ2n) is 16.0. The first kappa shape index (κ1) is 50.9. The number of hydrogen-bond acceptors (Lipinski definition) is 13. The van der Waals surface area contributed by atoms with Crippen LogP contribution in [0.4, 0.5) is 0 Å². The van der Waals surface area contributed by atoms with Gasteiger partial charge in [0.25, 0.3) is 0 Å². The zero-order valence-corrected chi connectivity index (χ0v) is 38.0. The molecule has 21 heteroatoms. The molecular weight excluding hydrogens is 889 g/mol. The van der Waals surface area contributed by atoms with Crippen molar-refractivity contribution in [2.45, 2.75) is 93.8 Å². The number of carbonyl (C=O) groups is 7. The number of fused-ring (bicyclic) bond motifs is 1. The van der Waals surface area contributed by atoms with E-state index >= 15 is 0 Å². The number of phenolic OH excluding ortho intramolecular Hbond substituents is 1. The molecule has 1 saturated heterocycles. The molecule has 3 unspecified atom stereocenters. The summed E-state index contributed by atoms with van der Waals surface area (Å²) < 4.78 is 0. The first-order chi connectivity index (χ1) is 31.6. The Balaban J connectivity index is 1.54. The molecule has 8 atom stereocenters. The maximum Gasteiger partial charge on any atom is 0.244 e. The number of nitrogens with two attached hydrogens (primary N) is 3. The number of nitrogens with one attached hydrogen (secondary N) is 7. The zero-order chi connectivity index (χ0) is 47.8. The van der Waals surface area contributed by atoms with Gasteiger partial charge < -0.3 is 64.3 Å². The monoisotopic (exact) mass is 946 g/mol. The normalized spacial score (nSPS) is 21.5. The molecule has 5 rings (SSSR count). The summed E-state index contributed by atoms with van der Waals surface area (Å²) in [6.07, 6.45) is 1.27. The van der Waals surface area contributed by atoms with Crippen molar-refractivity contribution in [3.8, 4) is 5.75 Å². The average Bonchev–Trinajstić information content (AvgIpc) is 3.70. The number of carbonyl (C=O) groups excluding carboxylic acids is 7. The van der Waals surface area contributed by atoms with E-state index in [-0.39, 0.29) is 42.9 Å². The van der Waals surface area contributed by atoms with Gasteiger partial charge in [0, 0.05) is 41.4 Å². The first-order valence-corrected chi connectivity index (χ1v) is 24.0. The largest absolute Gasteiger partial charge is 0.508 e. The number of rotatable bonds is 16. The van der Waals surface area contributed by atoms with Crippen molar-refractivity contribution in [1.29, 1.82) is 0 Å². The van der Waals surface area contributed by atoms with Crippen LogP contribution >= 0.6 is 21.6 Å². The van der Waals surface area contributed by atoms with Gasteiger partial charge >= 0.3 is 0 Å². The molecule has 0 saturated carbocycles. The van der Waals surface area contributed by atoms with Gasteiger partial charge in [-0.05, 0) is 74.0 Å². The summed E-state index contributed by atoms with van der Waals surface area (Å²) in [7, 11) is 2.10. The van der Waals surface area contributed by atoms with Crippen LogP contribution in [0.1, 0.15) is 42.9 Å². The van der Waals surface area contributed by atoms with Gasteiger partial charge in [-0.25, -0.2) is 0 Å². The van der Waals surface area contributed by atoms with Crippen LogP contribution in [0.5, 0.6) is 5.75 Å². The van der Waals surface area contributed by atoms with E-state index in [4.69, 9.17) is 17.2 Å². The Morgan fingerprint density at radius 3 is 2.08 bits per heavy atom. The van der Waals surface area contributed by atoms with Crippen LogP contribution in [-0.2, 0) is 52.8 Å². The fraction of sp³-hybridized carbons (Fsp3) is 0.400. The van der Waals surface area contributed by atoms with E-state index in [0.29, 0.717) is 30.5 Å². The van der Waals surface area contributed by atoms with Gasteiger partial charge in [0.15, 0.2) is 0 Å². The van der Waals surface area contributed by atoms with Crippen LogP contribution < -0.4 is 49.1 Å². The number of aliphatic hydroxyl groups is 1. The fourth-order valence-corrected chi connectivity index (χ4v) is 9.51. The molecule has 1 aliphatic rings. The molecule has 66 heavy (non-hydrogen) atoms. The van der Waals surface area contributed by atoms with Crippen molar-refractivity contribution in [2.75, 3.05) is 18.1 Å². The Bertz CT molecular complexity index is 2300.